The van der Waals surface area contributed by atoms with Gasteiger partial charge in [0.2, 0.25) is 6.41 Å². The molecule has 3 heterocycles. The number of quaternary nitrogens is 1. The molecule has 0 radical (unpaired) electrons. The molecule has 2 aromatic rings. The molecule has 3 aliphatic heterocycles. The Balaban J connectivity index is 1.12. The number of nitrogens with one attached hydrogen (secondary N) is 2. The Morgan fingerprint density at radius 2 is 1.88 bits per heavy atom. The lowest BCUT2D eigenvalue weighted by Crippen LogP contribution is -2.65. The number of aromatic hydroxyl groups is 1. The smallest absolute Gasteiger partial charge is 0.211 e. The highest BCUT2D eigenvalue weighted by atomic mass is 16.5. The number of nitrogens with zero attached hydrogens (tertiary/aromatic N) is 1. The third-order valence-electron chi connectivity index (χ3n) is 11.3. The first-order valence-corrected chi connectivity index (χ1v) is 18.1. The number of amides is 1. The number of benzene rings is 2. The van der Waals surface area contributed by atoms with Crippen LogP contribution in [0.15, 0.2) is 36.4 Å². The van der Waals surface area contributed by atoms with Gasteiger partial charge in [-0.15, -0.1) is 0 Å². The summed E-state index contributed by atoms with van der Waals surface area (Å²) in [4.78, 5) is 10.8. The minimum atomic E-state index is -0.996. The van der Waals surface area contributed by atoms with E-state index >= 15 is 0 Å². The van der Waals surface area contributed by atoms with Crippen molar-refractivity contribution in [1.82, 2.24) is 5.32 Å². The number of hydrogen-bond donors (Lipinski definition) is 5. The zero-order chi connectivity index (χ0) is 34.1. The molecule has 0 aromatic heterocycles. The van der Waals surface area contributed by atoms with E-state index in [-0.39, 0.29) is 29.7 Å². The van der Waals surface area contributed by atoms with Crippen LogP contribution in [0.25, 0.3) is 0 Å². The van der Waals surface area contributed by atoms with Gasteiger partial charge in [-0.2, -0.15) is 0 Å². The number of phenolic OH excluding ortho intramolecular Hbond substituents is 1. The molecule has 266 valence electrons. The van der Waals surface area contributed by atoms with Gasteiger partial charge < -0.3 is 39.3 Å². The summed E-state index contributed by atoms with van der Waals surface area (Å²) in [6, 6.07) is 10.8. The fourth-order valence-electron chi connectivity index (χ4n) is 8.38. The lowest BCUT2D eigenvalue weighted by Gasteiger charge is -2.53. The highest BCUT2D eigenvalue weighted by Crippen LogP contribution is 2.43. The number of aryl methyl sites for hydroxylation is 1. The largest absolute Gasteiger partial charge is 0.506 e. The topological polar surface area (TPSA) is 130 Å². The van der Waals surface area contributed by atoms with E-state index in [0.717, 1.165) is 92.2 Å². The number of fused-ring (bicyclic) bond motifs is 3. The second kappa shape index (κ2) is 16.8. The number of aliphatic hydroxyl groups excluding tert-OH is 1. The normalized spacial score (nSPS) is 25.0. The third-order valence-corrected chi connectivity index (χ3v) is 11.3. The second-order valence-corrected chi connectivity index (χ2v) is 14.4. The van der Waals surface area contributed by atoms with Crippen LogP contribution in [0.5, 0.6) is 11.5 Å². The number of carbonyl (C=O) groups is 1. The fourth-order valence-corrected chi connectivity index (χ4v) is 8.38. The first-order valence-electron chi connectivity index (χ1n) is 18.1. The average Bonchev–Trinajstić information content (AvgIpc) is 3.65. The van der Waals surface area contributed by atoms with Crippen LogP contribution in [0.3, 0.4) is 0 Å². The van der Waals surface area contributed by atoms with Crippen LogP contribution < -0.4 is 15.4 Å². The van der Waals surface area contributed by atoms with Gasteiger partial charge in [-0.25, -0.2) is 0 Å². The highest BCUT2D eigenvalue weighted by Gasteiger charge is 2.48. The number of anilines is 1. The van der Waals surface area contributed by atoms with Crippen molar-refractivity contribution in [1.29, 1.82) is 0 Å². The first kappa shape index (κ1) is 36.5. The summed E-state index contributed by atoms with van der Waals surface area (Å²) in [7, 11) is 1.69. The number of phenols is 1. The predicted octanol–water partition coefficient (Wildman–Crippen LogP) is 5.14. The minimum absolute atomic E-state index is 0.0466. The molecule has 1 saturated carbocycles. The first-order chi connectivity index (χ1) is 23.2. The van der Waals surface area contributed by atoms with Crippen molar-refractivity contribution in [3.05, 3.63) is 53.1 Å². The Labute approximate surface area is 286 Å². The zero-order valence-electron chi connectivity index (χ0n) is 29.2. The summed E-state index contributed by atoms with van der Waals surface area (Å²) >= 11 is 0. The van der Waals surface area contributed by atoms with E-state index in [0.29, 0.717) is 37.6 Å². The molecule has 2 bridgehead atoms. The van der Waals surface area contributed by atoms with E-state index in [9.17, 15) is 20.1 Å². The SMILES string of the molecule is CCCC(NC[C@H](O)c1ccc(O)c(NC=O)c1)OCCC[N+]12CCC(CC1)[C@@H](OCC(O)(c1ccc(OC)c(C)c1)C1CCCC1)C2. The number of hydrogen-bond acceptors (Lipinski definition) is 8. The number of carbonyl (C=O) groups excluding carboxylic acids is 1. The monoisotopic (exact) mass is 668 g/mol. The van der Waals surface area contributed by atoms with E-state index in [1.807, 2.05) is 19.1 Å². The Morgan fingerprint density at radius 1 is 1.10 bits per heavy atom. The summed E-state index contributed by atoms with van der Waals surface area (Å²) in [5.41, 5.74) is 1.85. The van der Waals surface area contributed by atoms with Crippen LogP contribution in [0.1, 0.15) is 87.5 Å². The van der Waals surface area contributed by atoms with Crippen LogP contribution in [-0.4, -0.2) is 91.6 Å². The number of aliphatic hydroxyl groups is 2. The molecule has 4 atom stereocenters. The van der Waals surface area contributed by atoms with E-state index in [4.69, 9.17) is 14.2 Å². The number of ether oxygens (including phenoxy) is 3. The van der Waals surface area contributed by atoms with Crippen LogP contribution in [0.4, 0.5) is 5.69 Å². The van der Waals surface area contributed by atoms with Gasteiger partial charge in [0.1, 0.15) is 36.0 Å². The molecule has 3 saturated heterocycles. The Hall–Kier alpha value is -2.73. The van der Waals surface area contributed by atoms with Crippen molar-refractivity contribution in [2.75, 3.05) is 58.4 Å². The molecule has 2 unspecified atom stereocenters. The number of methoxy groups -OCH3 is 1. The van der Waals surface area contributed by atoms with Gasteiger partial charge in [-0.3, -0.25) is 10.1 Å². The Kier molecular flexibility index (Phi) is 12.8. The average molecular weight is 669 g/mol. The molecule has 48 heavy (non-hydrogen) atoms. The molecule has 10 heteroatoms. The van der Waals surface area contributed by atoms with Gasteiger partial charge in [0, 0.05) is 31.7 Å². The second-order valence-electron chi connectivity index (χ2n) is 14.4. The molecule has 2 aromatic carbocycles. The molecular formula is C38H58N3O7+. The zero-order valence-corrected chi connectivity index (χ0v) is 29.2. The predicted molar refractivity (Wildman–Crippen MR) is 186 cm³/mol. The summed E-state index contributed by atoms with van der Waals surface area (Å²) in [6.45, 7) is 9.79. The lowest BCUT2D eigenvalue weighted by molar-refractivity contribution is -0.946. The van der Waals surface area contributed by atoms with Gasteiger partial charge in [-0.1, -0.05) is 38.3 Å². The summed E-state index contributed by atoms with van der Waals surface area (Å²) in [6.07, 6.45) is 9.08. The van der Waals surface area contributed by atoms with Crippen molar-refractivity contribution >= 4 is 12.1 Å². The van der Waals surface area contributed by atoms with Crippen molar-refractivity contribution in [2.45, 2.75) is 95.7 Å². The van der Waals surface area contributed by atoms with Crippen molar-refractivity contribution in [3.8, 4) is 11.5 Å². The number of piperidine rings is 3. The summed E-state index contributed by atoms with van der Waals surface area (Å²) < 4.78 is 19.6. The van der Waals surface area contributed by atoms with Crippen LogP contribution >= 0.6 is 0 Å². The van der Waals surface area contributed by atoms with Crippen molar-refractivity contribution < 1.29 is 38.8 Å². The maximum Gasteiger partial charge on any atom is 0.211 e. The number of rotatable bonds is 19. The molecule has 10 nitrogen and oxygen atoms in total. The molecular weight excluding hydrogens is 610 g/mol. The molecule has 0 spiro atoms. The minimum Gasteiger partial charge on any atom is -0.506 e. The highest BCUT2D eigenvalue weighted by molar-refractivity contribution is 5.75. The third kappa shape index (κ3) is 8.70. The van der Waals surface area contributed by atoms with E-state index in [1.54, 1.807) is 19.2 Å². The van der Waals surface area contributed by atoms with Gasteiger partial charge in [-0.05, 0) is 73.1 Å². The Morgan fingerprint density at radius 3 is 2.56 bits per heavy atom. The van der Waals surface area contributed by atoms with E-state index in [2.05, 4.69) is 23.6 Å². The van der Waals surface area contributed by atoms with Gasteiger partial charge in [0.15, 0.2) is 0 Å². The molecule has 6 rings (SSSR count). The molecule has 4 fully saturated rings. The van der Waals surface area contributed by atoms with Crippen LogP contribution in [0, 0.1) is 18.8 Å². The van der Waals surface area contributed by atoms with Crippen LogP contribution in [0.2, 0.25) is 0 Å². The van der Waals surface area contributed by atoms with Crippen molar-refractivity contribution in [3.63, 3.8) is 0 Å². The summed E-state index contributed by atoms with van der Waals surface area (Å²) in [5.74, 6) is 1.55. The standard InChI is InChI=1S/C38H57N3O7/c1-4-8-37(39-23-34(44)29-11-13-33(43)32(22-29)40-26-42)47-20-7-17-41-18-15-28(16-19-41)36(24-41)48-25-38(45,30-9-5-6-10-30)31-12-14-35(46-3)27(2)21-31/h11-14,21-22,26,28,30,34,36-37,39,44-45H,4-10,15-20,23-25H2,1-3H3,(H-,40,42,43)/p+1/t28?,34-,36-,37?,38?,41?/m0/s1. The summed E-state index contributed by atoms with van der Waals surface area (Å²) in [5, 5.41) is 38.7. The van der Waals surface area contributed by atoms with Gasteiger partial charge >= 0.3 is 0 Å². The van der Waals surface area contributed by atoms with Crippen molar-refractivity contribution in [2.24, 2.45) is 11.8 Å². The molecule has 1 amide bonds. The quantitative estimate of drug-likeness (QED) is 0.0458. The maximum atomic E-state index is 12.3. The van der Waals surface area contributed by atoms with Gasteiger partial charge in [0.05, 0.1) is 51.7 Å². The van der Waals surface area contributed by atoms with E-state index < -0.39 is 11.7 Å². The lowest BCUT2D eigenvalue weighted by atomic mass is 9.79. The molecule has 1 aliphatic carbocycles. The fraction of sp³-hybridized carbons (Fsp3) is 0.658. The molecule has 4 aliphatic rings. The maximum absolute atomic E-state index is 12.3. The van der Waals surface area contributed by atoms with Gasteiger partial charge in [0.25, 0.3) is 0 Å². The Bertz CT molecular complexity index is 1330. The van der Waals surface area contributed by atoms with Crippen LogP contribution in [-0.2, 0) is 19.9 Å². The molecule has 5 N–H and O–H groups in total. The van der Waals surface area contributed by atoms with E-state index in [1.165, 1.54) is 19.2 Å².